The number of methoxy groups -OCH3 is 1. The summed E-state index contributed by atoms with van der Waals surface area (Å²) in [7, 11) is -2.02. The van der Waals surface area contributed by atoms with Gasteiger partial charge >= 0.3 is 0 Å². The van der Waals surface area contributed by atoms with Crippen molar-refractivity contribution >= 4 is 21.9 Å². The molecule has 0 spiro atoms. The zero-order valence-electron chi connectivity index (χ0n) is 15.8. The number of anilines is 2. The summed E-state index contributed by atoms with van der Waals surface area (Å²) in [6, 6.07) is 9.95. The van der Waals surface area contributed by atoms with Crippen LogP contribution in [-0.4, -0.2) is 52.9 Å². The lowest BCUT2D eigenvalue weighted by atomic mass is 10.1. The molecule has 3 heterocycles. The van der Waals surface area contributed by atoms with Gasteiger partial charge in [0.2, 0.25) is 21.9 Å². The fourth-order valence-electron chi connectivity index (χ4n) is 3.21. The molecule has 1 atom stereocenters. The van der Waals surface area contributed by atoms with Crippen LogP contribution in [0.2, 0.25) is 0 Å². The first-order valence-electron chi connectivity index (χ1n) is 9.07. The lowest BCUT2D eigenvalue weighted by molar-refractivity contribution is 0.414. The number of ether oxygens (including phenoxy) is 1. The fourth-order valence-corrected chi connectivity index (χ4v) is 4.71. The molecule has 3 aromatic rings. The average molecular weight is 412 g/mol. The van der Waals surface area contributed by atoms with Gasteiger partial charge in [0.15, 0.2) is 0 Å². The first-order valence-corrected chi connectivity index (χ1v) is 10.5. The quantitative estimate of drug-likeness (QED) is 0.656. The molecule has 1 fully saturated rings. The van der Waals surface area contributed by atoms with Crippen LogP contribution in [0.1, 0.15) is 18.0 Å². The molecule has 4 rings (SSSR count). The van der Waals surface area contributed by atoms with Crippen molar-refractivity contribution < 1.29 is 13.2 Å². The number of benzene rings is 1. The predicted octanol–water partition coefficient (Wildman–Crippen LogP) is 2.20. The smallest absolute Gasteiger partial charge is 0.243 e. The van der Waals surface area contributed by atoms with Gasteiger partial charge in [-0.15, -0.1) is 0 Å². The SMILES string of the molecule is COc1ccc(S(=O)(=O)N2CCC(c3ccnc(Nc4ncccn4)n3)C2)cc1. The van der Waals surface area contributed by atoms with Gasteiger partial charge in [0.25, 0.3) is 0 Å². The molecule has 2 aromatic heterocycles. The summed E-state index contributed by atoms with van der Waals surface area (Å²) in [4.78, 5) is 17.2. The standard InChI is InChI=1S/C19H20N6O3S/c1-28-15-3-5-16(6-4-15)29(26,27)25-12-8-14(13-25)17-7-11-22-19(23-17)24-18-20-9-2-10-21-18/h2-7,9-11,14H,8,12-13H2,1H3,(H,20,21,22,23,24). The molecule has 10 heteroatoms. The minimum absolute atomic E-state index is 0.0109. The van der Waals surface area contributed by atoms with E-state index < -0.39 is 10.0 Å². The minimum atomic E-state index is -3.56. The van der Waals surface area contributed by atoms with Crippen LogP contribution >= 0.6 is 0 Å². The third kappa shape index (κ3) is 4.17. The highest BCUT2D eigenvalue weighted by Gasteiger charge is 2.34. The number of hydrogen-bond donors (Lipinski definition) is 1. The first-order chi connectivity index (χ1) is 14.1. The number of nitrogens with one attached hydrogen (secondary N) is 1. The van der Waals surface area contributed by atoms with Crippen LogP contribution in [0.3, 0.4) is 0 Å². The van der Waals surface area contributed by atoms with Crippen LogP contribution in [-0.2, 0) is 10.0 Å². The molecule has 1 unspecified atom stereocenters. The van der Waals surface area contributed by atoms with Crippen LogP contribution < -0.4 is 10.1 Å². The van der Waals surface area contributed by atoms with Crippen molar-refractivity contribution in [3.8, 4) is 5.75 Å². The topological polar surface area (TPSA) is 110 Å². The van der Waals surface area contributed by atoms with Gasteiger partial charge in [-0.3, -0.25) is 5.32 Å². The molecule has 1 aromatic carbocycles. The molecular weight excluding hydrogens is 392 g/mol. The summed E-state index contributed by atoms with van der Waals surface area (Å²) in [6.45, 7) is 0.806. The molecule has 1 aliphatic rings. The lowest BCUT2D eigenvalue weighted by Crippen LogP contribution is -2.28. The van der Waals surface area contributed by atoms with Crippen molar-refractivity contribution in [2.45, 2.75) is 17.2 Å². The number of nitrogens with zero attached hydrogens (tertiary/aromatic N) is 5. The molecule has 0 radical (unpaired) electrons. The fraction of sp³-hybridized carbons (Fsp3) is 0.263. The van der Waals surface area contributed by atoms with E-state index in [0.29, 0.717) is 37.2 Å². The monoisotopic (exact) mass is 412 g/mol. The van der Waals surface area contributed by atoms with Crippen molar-refractivity contribution in [3.63, 3.8) is 0 Å². The van der Waals surface area contributed by atoms with Crippen LogP contribution in [0.5, 0.6) is 5.75 Å². The Labute approximate surface area is 168 Å². The maximum Gasteiger partial charge on any atom is 0.243 e. The molecular formula is C19H20N6O3S. The summed E-state index contributed by atoms with van der Waals surface area (Å²) in [5.74, 6) is 1.39. The predicted molar refractivity (Wildman–Crippen MR) is 106 cm³/mol. The van der Waals surface area contributed by atoms with E-state index in [0.717, 1.165) is 5.69 Å². The number of rotatable bonds is 6. The maximum absolute atomic E-state index is 12.9. The molecule has 0 amide bonds. The molecule has 29 heavy (non-hydrogen) atoms. The first kappa shape index (κ1) is 19.2. The summed E-state index contributed by atoms with van der Waals surface area (Å²) in [5, 5.41) is 2.96. The van der Waals surface area contributed by atoms with Gasteiger partial charge in [-0.05, 0) is 42.8 Å². The zero-order chi connectivity index (χ0) is 20.3. The molecule has 1 saturated heterocycles. The Balaban J connectivity index is 1.48. The summed E-state index contributed by atoms with van der Waals surface area (Å²) >= 11 is 0. The lowest BCUT2D eigenvalue weighted by Gasteiger charge is -2.17. The van der Waals surface area contributed by atoms with E-state index in [-0.39, 0.29) is 10.8 Å². The van der Waals surface area contributed by atoms with Crippen molar-refractivity contribution in [2.24, 2.45) is 0 Å². The van der Waals surface area contributed by atoms with E-state index >= 15 is 0 Å². The van der Waals surface area contributed by atoms with Crippen LogP contribution in [0.15, 0.2) is 59.9 Å². The summed E-state index contributed by atoms with van der Waals surface area (Å²) in [6.07, 6.45) is 5.58. The highest BCUT2D eigenvalue weighted by molar-refractivity contribution is 7.89. The van der Waals surface area contributed by atoms with Crippen LogP contribution in [0, 0.1) is 0 Å². The van der Waals surface area contributed by atoms with Gasteiger partial charge in [-0.25, -0.2) is 28.4 Å². The largest absolute Gasteiger partial charge is 0.497 e. The Morgan fingerprint density at radius 3 is 2.48 bits per heavy atom. The van der Waals surface area contributed by atoms with E-state index in [2.05, 4.69) is 25.3 Å². The molecule has 9 nitrogen and oxygen atoms in total. The van der Waals surface area contributed by atoms with Gasteiger partial charge in [0.1, 0.15) is 5.75 Å². The maximum atomic E-state index is 12.9. The van der Waals surface area contributed by atoms with Gasteiger partial charge in [0, 0.05) is 37.6 Å². The van der Waals surface area contributed by atoms with Gasteiger partial charge in [-0.2, -0.15) is 4.31 Å². The highest BCUT2D eigenvalue weighted by atomic mass is 32.2. The van der Waals surface area contributed by atoms with Crippen molar-refractivity contribution in [1.29, 1.82) is 0 Å². The van der Waals surface area contributed by atoms with E-state index in [4.69, 9.17) is 4.74 Å². The van der Waals surface area contributed by atoms with Crippen molar-refractivity contribution in [1.82, 2.24) is 24.2 Å². The highest BCUT2D eigenvalue weighted by Crippen LogP contribution is 2.31. The second-order valence-corrected chi connectivity index (χ2v) is 8.46. The molecule has 0 saturated carbocycles. The van der Waals surface area contributed by atoms with Gasteiger partial charge in [-0.1, -0.05) is 0 Å². The van der Waals surface area contributed by atoms with E-state index in [1.807, 2.05) is 6.07 Å². The normalized spacial score (nSPS) is 17.2. The summed E-state index contributed by atoms with van der Waals surface area (Å²) < 4.78 is 32.5. The number of sulfonamides is 1. The third-order valence-electron chi connectivity index (χ3n) is 4.73. The zero-order valence-corrected chi connectivity index (χ0v) is 16.6. The molecule has 0 bridgehead atoms. The average Bonchev–Trinajstić information content (AvgIpc) is 3.26. The van der Waals surface area contributed by atoms with Crippen LogP contribution in [0.25, 0.3) is 0 Å². The molecule has 0 aliphatic carbocycles. The van der Waals surface area contributed by atoms with E-state index in [9.17, 15) is 8.42 Å². The molecule has 150 valence electrons. The number of aromatic nitrogens is 4. The number of hydrogen-bond acceptors (Lipinski definition) is 8. The van der Waals surface area contributed by atoms with Crippen LogP contribution in [0.4, 0.5) is 11.9 Å². The molecule has 1 N–H and O–H groups in total. The Morgan fingerprint density at radius 1 is 1.03 bits per heavy atom. The Bertz CT molecular complexity index is 1080. The Hall–Kier alpha value is -3.11. The second-order valence-electron chi connectivity index (χ2n) is 6.53. The third-order valence-corrected chi connectivity index (χ3v) is 6.61. The Kier molecular flexibility index (Phi) is 5.36. The second kappa shape index (κ2) is 8.10. The molecule has 1 aliphatic heterocycles. The minimum Gasteiger partial charge on any atom is -0.497 e. The van der Waals surface area contributed by atoms with Crippen molar-refractivity contribution in [3.05, 3.63) is 60.7 Å². The van der Waals surface area contributed by atoms with E-state index in [1.165, 1.54) is 4.31 Å². The summed E-state index contributed by atoms with van der Waals surface area (Å²) in [5.41, 5.74) is 0.783. The van der Waals surface area contributed by atoms with E-state index in [1.54, 1.807) is 56.0 Å². The van der Waals surface area contributed by atoms with Crippen molar-refractivity contribution in [2.75, 3.05) is 25.5 Å². The Morgan fingerprint density at radius 2 is 1.76 bits per heavy atom. The van der Waals surface area contributed by atoms with Gasteiger partial charge in [0.05, 0.1) is 17.7 Å². The van der Waals surface area contributed by atoms with Gasteiger partial charge < -0.3 is 4.74 Å².